The Morgan fingerprint density at radius 2 is 1.55 bits per heavy atom. The van der Waals surface area contributed by atoms with Gasteiger partial charge in [0.2, 0.25) is 0 Å². The maximum atomic E-state index is 12.4. The molecule has 0 unspecified atom stereocenters. The van der Waals surface area contributed by atoms with E-state index in [-0.39, 0.29) is 11.8 Å². The summed E-state index contributed by atoms with van der Waals surface area (Å²) in [6, 6.07) is 2.11. The molecular weight excluding hydrogens is 252 g/mol. The van der Waals surface area contributed by atoms with Crippen molar-refractivity contribution in [3.05, 3.63) is 33.9 Å². The maximum Gasteiger partial charge on any atom is 0.305 e. The molecule has 0 aliphatic heterocycles. The SMILES string of the molecule is CCOC(=O)CCCC(=O)c1c(C)c(C)cc(C)c1C. The molecule has 0 fully saturated rings. The molecule has 0 aliphatic rings. The van der Waals surface area contributed by atoms with E-state index in [1.165, 1.54) is 0 Å². The molecular formula is C17H24O3. The summed E-state index contributed by atoms with van der Waals surface area (Å²) < 4.78 is 4.86. The van der Waals surface area contributed by atoms with Crippen molar-refractivity contribution >= 4 is 11.8 Å². The molecule has 0 amide bonds. The van der Waals surface area contributed by atoms with Crippen LogP contribution in [-0.2, 0) is 9.53 Å². The third-order valence-electron chi connectivity index (χ3n) is 3.73. The first-order valence-corrected chi connectivity index (χ1v) is 7.14. The van der Waals surface area contributed by atoms with E-state index in [4.69, 9.17) is 4.74 Å². The summed E-state index contributed by atoms with van der Waals surface area (Å²) in [5.74, 6) is -0.106. The Kier molecular flexibility index (Phi) is 5.93. The molecule has 0 bridgehead atoms. The van der Waals surface area contributed by atoms with E-state index in [0.29, 0.717) is 25.9 Å². The first-order chi connectivity index (χ1) is 9.38. The summed E-state index contributed by atoms with van der Waals surface area (Å²) in [5.41, 5.74) is 5.21. The topological polar surface area (TPSA) is 43.4 Å². The van der Waals surface area contributed by atoms with Crippen LogP contribution in [0.4, 0.5) is 0 Å². The lowest BCUT2D eigenvalue weighted by Crippen LogP contribution is -2.09. The summed E-state index contributed by atoms with van der Waals surface area (Å²) in [5, 5.41) is 0. The van der Waals surface area contributed by atoms with Crippen LogP contribution >= 0.6 is 0 Å². The van der Waals surface area contributed by atoms with Crippen molar-refractivity contribution < 1.29 is 14.3 Å². The van der Waals surface area contributed by atoms with Crippen molar-refractivity contribution in [3.63, 3.8) is 0 Å². The maximum absolute atomic E-state index is 12.4. The normalized spacial score (nSPS) is 10.4. The summed E-state index contributed by atoms with van der Waals surface area (Å²) in [7, 11) is 0. The van der Waals surface area contributed by atoms with E-state index < -0.39 is 0 Å². The standard InChI is InChI=1S/C17H24O3/c1-6-20-16(19)9-7-8-15(18)17-13(4)11(2)10-12(3)14(17)5/h10H,6-9H2,1-5H3. The van der Waals surface area contributed by atoms with E-state index in [1.807, 2.05) is 27.7 Å². The van der Waals surface area contributed by atoms with Crippen LogP contribution < -0.4 is 0 Å². The lowest BCUT2D eigenvalue weighted by Gasteiger charge is -2.14. The Bertz CT molecular complexity index is 489. The molecule has 110 valence electrons. The molecule has 1 aromatic rings. The molecule has 0 saturated carbocycles. The number of hydrogen-bond donors (Lipinski definition) is 0. The van der Waals surface area contributed by atoms with Crippen molar-refractivity contribution in [2.24, 2.45) is 0 Å². The molecule has 0 heterocycles. The second-order valence-electron chi connectivity index (χ2n) is 5.22. The van der Waals surface area contributed by atoms with Gasteiger partial charge < -0.3 is 4.74 Å². The fraction of sp³-hybridized carbons (Fsp3) is 0.529. The van der Waals surface area contributed by atoms with Gasteiger partial charge in [-0.05, 0) is 63.3 Å². The number of rotatable bonds is 6. The highest BCUT2D eigenvalue weighted by Gasteiger charge is 2.16. The third-order valence-corrected chi connectivity index (χ3v) is 3.73. The molecule has 3 nitrogen and oxygen atoms in total. The van der Waals surface area contributed by atoms with Crippen LogP contribution in [-0.4, -0.2) is 18.4 Å². The number of aryl methyl sites for hydroxylation is 2. The van der Waals surface area contributed by atoms with E-state index in [0.717, 1.165) is 27.8 Å². The number of esters is 1. The van der Waals surface area contributed by atoms with E-state index in [1.54, 1.807) is 6.92 Å². The van der Waals surface area contributed by atoms with Gasteiger partial charge in [-0.1, -0.05) is 6.07 Å². The van der Waals surface area contributed by atoms with Crippen molar-refractivity contribution in [2.45, 2.75) is 53.9 Å². The van der Waals surface area contributed by atoms with Gasteiger partial charge in [-0.25, -0.2) is 0 Å². The zero-order valence-corrected chi connectivity index (χ0v) is 13.1. The highest BCUT2D eigenvalue weighted by Crippen LogP contribution is 2.23. The predicted molar refractivity (Wildman–Crippen MR) is 80.2 cm³/mol. The Balaban J connectivity index is 2.76. The zero-order valence-electron chi connectivity index (χ0n) is 13.1. The minimum absolute atomic E-state index is 0.121. The Morgan fingerprint density at radius 1 is 1.00 bits per heavy atom. The lowest BCUT2D eigenvalue weighted by molar-refractivity contribution is -0.143. The molecule has 1 rings (SSSR count). The van der Waals surface area contributed by atoms with Gasteiger partial charge in [0.15, 0.2) is 5.78 Å². The Hall–Kier alpha value is -1.64. The van der Waals surface area contributed by atoms with Crippen LogP contribution in [0.5, 0.6) is 0 Å². The highest BCUT2D eigenvalue weighted by molar-refractivity contribution is 5.99. The van der Waals surface area contributed by atoms with Gasteiger partial charge in [-0.3, -0.25) is 9.59 Å². The first kappa shape index (κ1) is 16.4. The van der Waals surface area contributed by atoms with E-state index in [2.05, 4.69) is 6.07 Å². The fourth-order valence-electron chi connectivity index (χ4n) is 2.39. The molecule has 0 saturated heterocycles. The van der Waals surface area contributed by atoms with Gasteiger partial charge in [-0.15, -0.1) is 0 Å². The van der Waals surface area contributed by atoms with Gasteiger partial charge >= 0.3 is 5.97 Å². The monoisotopic (exact) mass is 276 g/mol. The van der Waals surface area contributed by atoms with Crippen LogP contribution in [0.3, 0.4) is 0 Å². The summed E-state index contributed by atoms with van der Waals surface area (Å²) in [6.07, 6.45) is 1.25. The van der Waals surface area contributed by atoms with Crippen LogP contribution in [0.2, 0.25) is 0 Å². The highest BCUT2D eigenvalue weighted by atomic mass is 16.5. The van der Waals surface area contributed by atoms with Gasteiger partial charge in [0.1, 0.15) is 0 Å². The molecule has 0 aliphatic carbocycles. The summed E-state index contributed by atoms with van der Waals surface area (Å²) >= 11 is 0. The van der Waals surface area contributed by atoms with Gasteiger partial charge in [-0.2, -0.15) is 0 Å². The third kappa shape index (κ3) is 3.92. The second kappa shape index (κ2) is 7.22. The predicted octanol–water partition coefficient (Wildman–Crippen LogP) is 3.84. The quantitative estimate of drug-likeness (QED) is 0.585. The number of carbonyl (C=O) groups is 2. The van der Waals surface area contributed by atoms with Crippen molar-refractivity contribution in [1.82, 2.24) is 0 Å². The van der Waals surface area contributed by atoms with E-state index in [9.17, 15) is 9.59 Å². The van der Waals surface area contributed by atoms with Crippen molar-refractivity contribution in [2.75, 3.05) is 6.61 Å². The average molecular weight is 276 g/mol. The number of hydrogen-bond acceptors (Lipinski definition) is 3. The molecule has 0 radical (unpaired) electrons. The first-order valence-electron chi connectivity index (χ1n) is 7.14. The Morgan fingerprint density at radius 3 is 2.05 bits per heavy atom. The number of ether oxygens (including phenoxy) is 1. The molecule has 0 atom stereocenters. The minimum atomic E-state index is -0.228. The average Bonchev–Trinajstić information content (AvgIpc) is 2.37. The molecule has 3 heteroatoms. The molecule has 1 aromatic carbocycles. The second-order valence-corrected chi connectivity index (χ2v) is 5.22. The molecule has 20 heavy (non-hydrogen) atoms. The smallest absolute Gasteiger partial charge is 0.305 e. The summed E-state index contributed by atoms with van der Waals surface area (Å²) in [4.78, 5) is 23.6. The van der Waals surface area contributed by atoms with Crippen LogP contribution in [0.15, 0.2) is 6.07 Å². The van der Waals surface area contributed by atoms with Crippen molar-refractivity contribution in [1.29, 1.82) is 0 Å². The molecule has 0 aromatic heterocycles. The minimum Gasteiger partial charge on any atom is -0.466 e. The van der Waals surface area contributed by atoms with Gasteiger partial charge in [0.05, 0.1) is 6.61 Å². The van der Waals surface area contributed by atoms with E-state index >= 15 is 0 Å². The summed E-state index contributed by atoms with van der Waals surface area (Å²) in [6.45, 7) is 10.2. The number of benzene rings is 1. The zero-order chi connectivity index (χ0) is 15.3. The largest absolute Gasteiger partial charge is 0.466 e. The van der Waals surface area contributed by atoms with Gasteiger partial charge in [0, 0.05) is 18.4 Å². The number of carbonyl (C=O) groups excluding carboxylic acids is 2. The van der Waals surface area contributed by atoms with Crippen LogP contribution in [0.1, 0.15) is 58.8 Å². The number of Topliss-reactive ketones (excluding diaryl/α,β-unsaturated/α-hetero) is 1. The van der Waals surface area contributed by atoms with Crippen LogP contribution in [0, 0.1) is 27.7 Å². The Labute approximate surface area is 121 Å². The molecule has 0 spiro atoms. The van der Waals surface area contributed by atoms with Gasteiger partial charge in [0.25, 0.3) is 0 Å². The molecule has 0 N–H and O–H groups in total. The van der Waals surface area contributed by atoms with Crippen LogP contribution in [0.25, 0.3) is 0 Å². The van der Waals surface area contributed by atoms with Crippen molar-refractivity contribution in [3.8, 4) is 0 Å². The lowest BCUT2D eigenvalue weighted by atomic mass is 9.90. The fourth-order valence-corrected chi connectivity index (χ4v) is 2.39. The number of ketones is 1.